The number of urea groups is 1. The number of nitrogens with zero attached hydrogens (tertiary/aromatic N) is 2. The van der Waals surface area contributed by atoms with Crippen LogP contribution in [0.5, 0.6) is 0 Å². The lowest BCUT2D eigenvalue weighted by molar-refractivity contribution is -0.143. The predicted octanol–water partition coefficient (Wildman–Crippen LogP) is 2.91. The Morgan fingerprint density at radius 1 is 0.964 bits per heavy atom. The number of hydrogen-bond acceptors (Lipinski definition) is 4. The quantitative estimate of drug-likeness (QED) is 0.457. The van der Waals surface area contributed by atoms with Crippen LogP contribution < -0.4 is 0 Å². The zero-order chi connectivity index (χ0) is 19.8. The molecule has 4 rings (SSSR count). The molecule has 142 valence electrons. The summed E-state index contributed by atoms with van der Waals surface area (Å²) >= 11 is 0. The summed E-state index contributed by atoms with van der Waals surface area (Å²) in [5, 5.41) is 0. The molecule has 1 fully saturated rings. The number of hydrogen-bond donors (Lipinski definition) is 0. The minimum Gasteiger partial charge on any atom is -0.292 e. The van der Waals surface area contributed by atoms with Crippen molar-refractivity contribution in [3.05, 3.63) is 70.8 Å². The molecule has 6 nitrogen and oxygen atoms in total. The van der Waals surface area contributed by atoms with E-state index in [0.29, 0.717) is 5.56 Å². The maximum atomic E-state index is 12.8. The van der Waals surface area contributed by atoms with Crippen LogP contribution in [0.2, 0.25) is 0 Å². The molecule has 0 radical (unpaired) electrons. The van der Waals surface area contributed by atoms with Gasteiger partial charge in [0.05, 0.1) is 12.6 Å². The van der Waals surface area contributed by atoms with Gasteiger partial charge in [0.2, 0.25) is 0 Å². The molecule has 2 aliphatic rings. The Hall–Kier alpha value is -3.28. The Kier molecular flexibility index (Phi) is 4.55. The third kappa shape index (κ3) is 3.01. The summed E-state index contributed by atoms with van der Waals surface area (Å²) in [4.78, 5) is 51.9. The van der Waals surface area contributed by atoms with Gasteiger partial charge in [0.1, 0.15) is 0 Å². The number of benzene rings is 2. The molecule has 0 bridgehead atoms. The Bertz CT molecular complexity index is 983. The van der Waals surface area contributed by atoms with E-state index in [1.807, 2.05) is 18.2 Å². The van der Waals surface area contributed by atoms with Crippen molar-refractivity contribution in [2.45, 2.75) is 32.2 Å². The van der Waals surface area contributed by atoms with Gasteiger partial charge in [-0.15, -0.1) is 0 Å². The highest BCUT2D eigenvalue weighted by Crippen LogP contribution is 2.27. The fourth-order valence-electron chi connectivity index (χ4n) is 3.86. The Balaban J connectivity index is 1.54. The Labute approximate surface area is 162 Å². The second-order valence-electron chi connectivity index (χ2n) is 7.20. The van der Waals surface area contributed by atoms with Gasteiger partial charge in [0.15, 0.2) is 5.78 Å². The predicted molar refractivity (Wildman–Crippen MR) is 102 cm³/mol. The number of imide groups is 2. The standard InChI is InChI=1S/C22H20N2O4/c1-14(15-6-3-2-4-7-15)24-21(27)20(26)23(22(24)28)13-19(25)18-11-10-16-8-5-9-17(16)12-18/h2-4,6-7,10-12,14H,5,8-9,13H2,1H3. The number of amides is 4. The average molecular weight is 376 g/mol. The van der Waals surface area contributed by atoms with Gasteiger partial charge in [-0.2, -0.15) is 0 Å². The Morgan fingerprint density at radius 3 is 2.43 bits per heavy atom. The molecular weight excluding hydrogens is 356 g/mol. The van der Waals surface area contributed by atoms with E-state index in [4.69, 9.17) is 0 Å². The molecule has 4 amide bonds. The molecule has 28 heavy (non-hydrogen) atoms. The van der Waals surface area contributed by atoms with Gasteiger partial charge in [0, 0.05) is 5.56 Å². The molecule has 1 atom stereocenters. The van der Waals surface area contributed by atoms with Crippen LogP contribution in [0.3, 0.4) is 0 Å². The van der Waals surface area contributed by atoms with Gasteiger partial charge in [-0.1, -0.05) is 42.5 Å². The summed E-state index contributed by atoms with van der Waals surface area (Å²) in [6.07, 6.45) is 3.00. The topological polar surface area (TPSA) is 74.8 Å². The van der Waals surface area contributed by atoms with Crippen LogP contribution in [0.4, 0.5) is 4.79 Å². The van der Waals surface area contributed by atoms with E-state index >= 15 is 0 Å². The van der Waals surface area contributed by atoms with Crippen molar-refractivity contribution in [1.29, 1.82) is 0 Å². The van der Waals surface area contributed by atoms with Crippen LogP contribution in [0.15, 0.2) is 48.5 Å². The molecule has 1 heterocycles. The molecule has 1 unspecified atom stereocenters. The number of carbonyl (C=O) groups excluding carboxylic acids is 4. The van der Waals surface area contributed by atoms with Crippen molar-refractivity contribution in [3.63, 3.8) is 0 Å². The fraction of sp³-hybridized carbons (Fsp3) is 0.273. The molecule has 2 aromatic carbocycles. The smallest absolute Gasteiger partial charge is 0.292 e. The summed E-state index contributed by atoms with van der Waals surface area (Å²) in [7, 11) is 0. The first-order valence-corrected chi connectivity index (χ1v) is 9.36. The van der Waals surface area contributed by atoms with E-state index in [0.717, 1.165) is 40.2 Å². The first-order chi connectivity index (χ1) is 13.5. The molecule has 0 saturated carbocycles. The molecule has 2 aromatic rings. The summed E-state index contributed by atoms with van der Waals surface area (Å²) in [6, 6.07) is 13.1. The van der Waals surface area contributed by atoms with Gasteiger partial charge >= 0.3 is 17.8 Å². The van der Waals surface area contributed by atoms with Crippen LogP contribution in [-0.4, -0.2) is 40.0 Å². The molecule has 1 aliphatic heterocycles. The van der Waals surface area contributed by atoms with Crippen molar-refractivity contribution >= 4 is 23.6 Å². The zero-order valence-electron chi connectivity index (χ0n) is 15.6. The van der Waals surface area contributed by atoms with Gasteiger partial charge in [0.25, 0.3) is 0 Å². The van der Waals surface area contributed by atoms with Crippen LogP contribution in [0.1, 0.15) is 46.4 Å². The summed E-state index contributed by atoms with van der Waals surface area (Å²) in [6.45, 7) is 1.25. The normalized spacial score (nSPS) is 17.2. The first-order valence-electron chi connectivity index (χ1n) is 9.36. The number of aryl methyl sites for hydroxylation is 2. The number of ketones is 1. The number of carbonyl (C=O) groups is 4. The first kappa shape index (κ1) is 18.1. The highest BCUT2D eigenvalue weighted by Gasteiger charge is 2.47. The summed E-state index contributed by atoms with van der Waals surface area (Å²) in [5.74, 6) is -2.20. The lowest BCUT2D eigenvalue weighted by Gasteiger charge is -2.22. The number of Topliss-reactive ketones (excluding diaryl/α,β-unsaturated/α-hetero) is 1. The van der Waals surface area contributed by atoms with Crippen LogP contribution in [-0.2, 0) is 22.4 Å². The molecule has 6 heteroatoms. The minimum absolute atomic E-state index is 0.349. The van der Waals surface area contributed by atoms with Gasteiger partial charge < -0.3 is 0 Å². The Morgan fingerprint density at radius 2 is 1.68 bits per heavy atom. The molecule has 0 spiro atoms. The minimum atomic E-state index is -0.956. The monoisotopic (exact) mass is 376 g/mol. The SMILES string of the molecule is CC(c1ccccc1)N1C(=O)C(=O)N(CC(=O)c2ccc3c(c2)CCC3)C1=O. The van der Waals surface area contributed by atoms with Crippen molar-refractivity contribution in [2.75, 3.05) is 6.54 Å². The van der Waals surface area contributed by atoms with E-state index in [1.165, 1.54) is 5.56 Å². The average Bonchev–Trinajstić information content (AvgIpc) is 3.26. The maximum Gasteiger partial charge on any atom is 0.335 e. The van der Waals surface area contributed by atoms with E-state index in [-0.39, 0.29) is 5.78 Å². The maximum absolute atomic E-state index is 12.8. The largest absolute Gasteiger partial charge is 0.335 e. The molecule has 0 aromatic heterocycles. The van der Waals surface area contributed by atoms with Gasteiger partial charge in [-0.25, -0.2) is 14.6 Å². The van der Waals surface area contributed by atoms with Crippen LogP contribution in [0.25, 0.3) is 0 Å². The van der Waals surface area contributed by atoms with E-state index < -0.39 is 30.4 Å². The van der Waals surface area contributed by atoms with Gasteiger partial charge in [-0.05, 0) is 48.9 Å². The third-order valence-corrected chi connectivity index (χ3v) is 5.48. The summed E-state index contributed by atoms with van der Waals surface area (Å²) in [5.41, 5.74) is 3.58. The zero-order valence-corrected chi connectivity index (χ0v) is 15.6. The van der Waals surface area contributed by atoms with E-state index in [1.54, 1.807) is 37.3 Å². The molecule has 1 saturated heterocycles. The van der Waals surface area contributed by atoms with Crippen LogP contribution >= 0.6 is 0 Å². The van der Waals surface area contributed by atoms with E-state index in [9.17, 15) is 19.2 Å². The fourth-order valence-corrected chi connectivity index (χ4v) is 3.86. The highest BCUT2D eigenvalue weighted by molar-refractivity contribution is 6.45. The van der Waals surface area contributed by atoms with Gasteiger partial charge in [-0.3, -0.25) is 14.4 Å². The molecular formula is C22H20N2O4. The van der Waals surface area contributed by atoms with Crippen molar-refractivity contribution in [2.24, 2.45) is 0 Å². The second-order valence-corrected chi connectivity index (χ2v) is 7.20. The third-order valence-electron chi connectivity index (χ3n) is 5.48. The van der Waals surface area contributed by atoms with Crippen LogP contribution in [0, 0.1) is 0 Å². The lowest BCUT2D eigenvalue weighted by atomic mass is 10.0. The summed E-state index contributed by atoms with van der Waals surface area (Å²) < 4.78 is 0. The number of fused-ring (bicyclic) bond motifs is 1. The lowest BCUT2D eigenvalue weighted by Crippen LogP contribution is -2.37. The van der Waals surface area contributed by atoms with Crippen molar-refractivity contribution < 1.29 is 19.2 Å². The van der Waals surface area contributed by atoms with Crippen molar-refractivity contribution in [1.82, 2.24) is 9.80 Å². The molecule has 1 aliphatic carbocycles. The second kappa shape index (κ2) is 7.03. The van der Waals surface area contributed by atoms with Crippen molar-refractivity contribution in [3.8, 4) is 0 Å². The molecule has 0 N–H and O–H groups in total. The number of rotatable bonds is 5. The van der Waals surface area contributed by atoms with E-state index in [2.05, 4.69) is 0 Å². The highest BCUT2D eigenvalue weighted by atomic mass is 16.2.